The number of hydrogen-bond donors (Lipinski definition) is 6. The van der Waals surface area contributed by atoms with Crippen molar-refractivity contribution in [1.82, 2.24) is 10.6 Å². The third-order valence-corrected chi connectivity index (χ3v) is 10.8. The van der Waals surface area contributed by atoms with Crippen molar-refractivity contribution < 1.29 is 60.5 Å². The number of anilines is 2. The molecule has 0 heterocycles. The van der Waals surface area contributed by atoms with Crippen molar-refractivity contribution in [3.63, 3.8) is 0 Å². The van der Waals surface area contributed by atoms with E-state index in [1.165, 1.54) is 91.0 Å². The Morgan fingerprint density at radius 2 is 0.878 bits per heavy atom. The maximum atomic E-state index is 13.1. The number of carbonyl (C=O) groups is 5. The van der Waals surface area contributed by atoms with Gasteiger partial charge in [-0.05, 0) is 132 Å². The number of benzene rings is 8. The first kappa shape index (κ1) is 50.3. The Morgan fingerprint density at radius 1 is 0.459 bits per heavy atom. The van der Waals surface area contributed by atoms with Gasteiger partial charge in [-0.1, -0.05) is 54.6 Å². The van der Waals surface area contributed by atoms with Crippen LogP contribution in [0.3, 0.4) is 0 Å². The molecular weight excluding hydrogens is 975 g/mol. The van der Waals surface area contributed by atoms with E-state index >= 15 is 0 Å². The van der Waals surface area contributed by atoms with Crippen LogP contribution in [0.4, 0.5) is 70.1 Å². The highest BCUT2D eigenvalue weighted by Gasteiger charge is 2.31. The number of amides is 6. The number of halogens is 6. The van der Waals surface area contributed by atoms with Gasteiger partial charge in [0.15, 0.2) is 5.78 Å². The molecule has 8 aromatic rings. The average Bonchev–Trinajstić information content (AvgIpc) is 3.37. The second-order valence-corrected chi connectivity index (χ2v) is 15.9. The van der Waals surface area contributed by atoms with Crippen LogP contribution in [0.15, 0.2) is 184 Å². The van der Waals surface area contributed by atoms with Crippen LogP contribution in [0.25, 0.3) is 27.6 Å². The summed E-state index contributed by atoms with van der Waals surface area (Å²) in [5, 5.41) is 48.3. The molecule has 0 atom stereocenters. The summed E-state index contributed by atoms with van der Waals surface area (Å²) >= 11 is 0. The molecule has 0 spiro atoms. The van der Waals surface area contributed by atoms with Gasteiger partial charge in [-0.3, -0.25) is 25.0 Å². The summed E-state index contributed by atoms with van der Waals surface area (Å²) in [5.41, 5.74) is -0.388. The number of azo groups is 2. The van der Waals surface area contributed by atoms with Gasteiger partial charge in [-0.2, -0.15) is 36.6 Å². The number of phenols is 2. The molecule has 74 heavy (non-hydrogen) atoms. The van der Waals surface area contributed by atoms with Crippen LogP contribution >= 0.6 is 0 Å². The Bertz CT molecular complexity index is 3620. The highest BCUT2D eigenvalue weighted by Crippen LogP contribution is 2.39. The average molecular weight is 1010 g/mol. The molecule has 8 rings (SSSR count). The van der Waals surface area contributed by atoms with Gasteiger partial charge in [-0.25, -0.2) is 9.59 Å². The molecule has 8 aromatic carbocycles. The maximum Gasteiger partial charge on any atom is 0.416 e. The number of nitrogens with one attached hydrogen (secondary N) is 4. The SMILES string of the molecule is O=C(NC(=O)c1ccc2c(N=Nc3ccc(C=CC(=O)c4ccc(N=Nc5c(O)ccc6cc(C(=O)NC(=O)Nc7cccc(C(F)(F)F)c7)ccc56)cc4)cc3)c(O)ccc2c1)Nc1cccc(C(F)(F)F)c1. The number of rotatable bonds is 11. The summed E-state index contributed by atoms with van der Waals surface area (Å²) in [6.07, 6.45) is -6.31. The van der Waals surface area contributed by atoms with Gasteiger partial charge in [0, 0.05) is 38.8 Å². The zero-order chi connectivity index (χ0) is 52.7. The zero-order valence-electron chi connectivity index (χ0n) is 37.7. The number of carbonyl (C=O) groups excluding carboxylic acids is 5. The van der Waals surface area contributed by atoms with Crippen LogP contribution in [0.1, 0.15) is 47.8 Å². The smallest absolute Gasteiger partial charge is 0.416 e. The lowest BCUT2D eigenvalue weighted by atomic mass is 10.0. The Morgan fingerprint density at radius 3 is 1.31 bits per heavy atom. The molecule has 15 nitrogen and oxygen atoms in total. The predicted octanol–water partition coefficient (Wildman–Crippen LogP) is 14.1. The first-order valence-corrected chi connectivity index (χ1v) is 21.6. The lowest BCUT2D eigenvalue weighted by molar-refractivity contribution is -0.138. The van der Waals surface area contributed by atoms with E-state index in [1.54, 1.807) is 42.5 Å². The van der Waals surface area contributed by atoms with E-state index in [1.807, 2.05) is 0 Å². The number of fused-ring (bicyclic) bond motifs is 2. The first-order valence-electron chi connectivity index (χ1n) is 21.6. The second-order valence-electron chi connectivity index (χ2n) is 15.9. The van der Waals surface area contributed by atoms with Gasteiger partial charge in [-0.15, -0.1) is 10.2 Å². The van der Waals surface area contributed by atoms with Crippen LogP contribution in [0, 0.1) is 0 Å². The van der Waals surface area contributed by atoms with E-state index in [0.29, 0.717) is 44.0 Å². The number of urea groups is 2. The second kappa shape index (κ2) is 21.1. The topological polar surface area (TPSA) is 223 Å². The molecule has 21 heteroatoms. The summed E-state index contributed by atoms with van der Waals surface area (Å²) < 4.78 is 78.4. The molecule has 6 amide bonds. The Kier molecular flexibility index (Phi) is 14.4. The number of aromatic hydroxyl groups is 2. The summed E-state index contributed by atoms with van der Waals surface area (Å²) in [6, 6.07) is 32.8. The Balaban J connectivity index is 0.855. The molecule has 0 radical (unpaired) electrons. The van der Waals surface area contributed by atoms with Crippen molar-refractivity contribution >= 4 is 91.4 Å². The molecule has 0 unspecified atom stereocenters. The fraction of sp³-hybridized carbons (Fsp3) is 0.0377. The van der Waals surface area contributed by atoms with Crippen LogP contribution in [-0.4, -0.2) is 39.9 Å². The third-order valence-electron chi connectivity index (χ3n) is 10.8. The van der Waals surface area contributed by atoms with Crippen LogP contribution in [-0.2, 0) is 12.4 Å². The number of ketones is 1. The molecule has 0 aliphatic heterocycles. The zero-order valence-corrected chi connectivity index (χ0v) is 37.7. The van der Waals surface area contributed by atoms with Gasteiger partial charge in [0.2, 0.25) is 0 Å². The van der Waals surface area contributed by atoms with E-state index in [2.05, 4.69) is 41.7 Å². The minimum Gasteiger partial charge on any atom is -0.506 e. The Hall–Kier alpha value is -10.1. The van der Waals surface area contributed by atoms with Crippen LogP contribution in [0.2, 0.25) is 0 Å². The quantitative estimate of drug-likeness (QED) is 0.0318. The maximum absolute atomic E-state index is 13.1. The highest BCUT2D eigenvalue weighted by molar-refractivity contribution is 6.11. The summed E-state index contributed by atoms with van der Waals surface area (Å²) in [5.74, 6) is -2.46. The van der Waals surface area contributed by atoms with E-state index in [9.17, 15) is 60.5 Å². The van der Waals surface area contributed by atoms with Gasteiger partial charge >= 0.3 is 24.4 Å². The number of nitrogens with zero attached hydrogens (tertiary/aromatic N) is 4. The predicted molar refractivity (Wildman–Crippen MR) is 262 cm³/mol. The van der Waals surface area contributed by atoms with Gasteiger partial charge in [0.05, 0.1) is 22.5 Å². The molecule has 370 valence electrons. The van der Waals surface area contributed by atoms with Crippen LogP contribution < -0.4 is 21.3 Å². The fourth-order valence-corrected chi connectivity index (χ4v) is 7.15. The molecule has 0 aliphatic rings. The monoisotopic (exact) mass is 1010 g/mol. The molecule has 0 saturated carbocycles. The normalized spacial score (nSPS) is 11.9. The summed E-state index contributed by atoms with van der Waals surface area (Å²) in [4.78, 5) is 63.6. The van der Waals surface area contributed by atoms with Crippen molar-refractivity contribution in [3.8, 4) is 11.5 Å². The van der Waals surface area contributed by atoms with Crippen molar-refractivity contribution in [2.75, 3.05) is 10.6 Å². The third kappa shape index (κ3) is 12.3. The van der Waals surface area contributed by atoms with Gasteiger partial charge in [0.25, 0.3) is 11.8 Å². The summed E-state index contributed by atoms with van der Waals surface area (Å²) in [6.45, 7) is 0. The van der Waals surface area contributed by atoms with E-state index in [4.69, 9.17) is 0 Å². The van der Waals surface area contributed by atoms with Crippen molar-refractivity contribution in [3.05, 3.63) is 197 Å². The number of hydrogen-bond acceptors (Lipinski definition) is 11. The van der Waals surface area contributed by atoms with Crippen molar-refractivity contribution in [2.24, 2.45) is 20.5 Å². The lowest BCUT2D eigenvalue weighted by Crippen LogP contribution is -2.34. The number of imide groups is 2. The molecule has 0 fully saturated rings. The largest absolute Gasteiger partial charge is 0.506 e. The van der Waals surface area contributed by atoms with E-state index in [0.717, 1.165) is 36.4 Å². The van der Waals surface area contributed by atoms with Crippen LogP contribution in [0.5, 0.6) is 11.5 Å². The van der Waals surface area contributed by atoms with E-state index in [-0.39, 0.29) is 51.2 Å². The van der Waals surface area contributed by atoms with Crippen molar-refractivity contribution in [1.29, 1.82) is 0 Å². The fourth-order valence-electron chi connectivity index (χ4n) is 7.15. The lowest BCUT2D eigenvalue weighted by Gasteiger charge is -2.11. The molecule has 6 N–H and O–H groups in total. The first-order chi connectivity index (χ1) is 35.3. The van der Waals surface area contributed by atoms with E-state index < -0.39 is 47.4 Å². The standard InChI is InChI=1S/C53H34F6N8O7/c54-52(55,56)35-3-1-5-39(27-35)60-50(73)62-48(71)33-12-20-41-31(25-33)14-23-44(69)46(41)66-64-37-16-7-29(8-17-37)9-22-43(68)30-10-18-38(19-11-30)65-67-47-42-21-13-34(26-32(42)15-24-45(47)70)49(72)63-51(74)61-40-6-2-4-36(28-40)53(57,58)59/h1-28,69-70H,(H2,60,62,71,73)(H2,61,63,72,74). The van der Waals surface area contributed by atoms with Gasteiger partial charge < -0.3 is 20.8 Å². The molecule has 0 aromatic heterocycles. The minimum atomic E-state index is -4.63. The number of alkyl halides is 6. The van der Waals surface area contributed by atoms with Crippen molar-refractivity contribution in [2.45, 2.75) is 12.4 Å². The molecular formula is C53H34F6N8O7. The molecule has 0 aliphatic carbocycles. The highest BCUT2D eigenvalue weighted by atomic mass is 19.4. The number of phenolic OH excluding ortho intramolecular Hbond substituents is 2. The van der Waals surface area contributed by atoms with Gasteiger partial charge in [0.1, 0.15) is 22.9 Å². The number of allylic oxidation sites excluding steroid dienone is 1. The molecule has 0 saturated heterocycles. The Labute approximate surface area is 413 Å². The minimum absolute atomic E-state index is 0.0301. The summed E-state index contributed by atoms with van der Waals surface area (Å²) in [7, 11) is 0. The molecule has 0 bridgehead atoms.